The summed E-state index contributed by atoms with van der Waals surface area (Å²) in [6, 6.07) is 11.9. The Morgan fingerprint density at radius 2 is 1.87 bits per heavy atom. The Morgan fingerprint density at radius 3 is 2.67 bits per heavy atom. The lowest BCUT2D eigenvalue weighted by atomic mass is 10.2. The first-order valence-corrected chi connectivity index (χ1v) is 4.97. The summed E-state index contributed by atoms with van der Waals surface area (Å²) in [5.41, 5.74) is 1.06. The molecular weight excluding hydrogens is 190 g/mol. The molecule has 0 saturated heterocycles. The number of aliphatic hydroxyl groups excluding tert-OH is 2. The highest BCUT2D eigenvalue weighted by Gasteiger charge is 2.12. The summed E-state index contributed by atoms with van der Waals surface area (Å²) in [6.07, 6.45) is 1.20. The molecule has 1 atom stereocenters. The molecule has 2 N–H and O–H groups in total. The molecule has 1 aromatic heterocycles. The molecule has 0 aliphatic heterocycles. The van der Waals surface area contributed by atoms with Crippen LogP contribution in [0, 0.1) is 0 Å². The SMILES string of the molecule is OC[C@H](O)C[n+]1cccc2ccccc21. The van der Waals surface area contributed by atoms with Crippen LogP contribution in [-0.4, -0.2) is 22.9 Å². The van der Waals surface area contributed by atoms with Crippen LogP contribution >= 0.6 is 0 Å². The van der Waals surface area contributed by atoms with Crippen molar-refractivity contribution in [2.45, 2.75) is 12.6 Å². The minimum atomic E-state index is -0.708. The van der Waals surface area contributed by atoms with Gasteiger partial charge in [0.05, 0.1) is 6.61 Å². The summed E-state index contributed by atoms with van der Waals surface area (Å²) in [5.74, 6) is 0. The van der Waals surface area contributed by atoms with Gasteiger partial charge in [0.2, 0.25) is 5.52 Å². The van der Waals surface area contributed by atoms with Gasteiger partial charge >= 0.3 is 0 Å². The van der Waals surface area contributed by atoms with Gasteiger partial charge in [0, 0.05) is 17.5 Å². The maximum Gasteiger partial charge on any atom is 0.212 e. The van der Waals surface area contributed by atoms with E-state index >= 15 is 0 Å². The van der Waals surface area contributed by atoms with Crippen molar-refractivity contribution in [3.63, 3.8) is 0 Å². The molecule has 1 heterocycles. The topological polar surface area (TPSA) is 44.3 Å². The van der Waals surface area contributed by atoms with Crippen LogP contribution in [0.2, 0.25) is 0 Å². The van der Waals surface area contributed by atoms with E-state index in [4.69, 9.17) is 5.11 Å². The van der Waals surface area contributed by atoms with E-state index < -0.39 is 6.10 Å². The summed E-state index contributed by atoms with van der Waals surface area (Å²) in [4.78, 5) is 0. The Morgan fingerprint density at radius 1 is 1.13 bits per heavy atom. The molecular formula is C12H14NO2+. The normalized spacial score (nSPS) is 12.9. The Labute approximate surface area is 88.2 Å². The molecule has 3 heteroatoms. The molecule has 15 heavy (non-hydrogen) atoms. The highest BCUT2D eigenvalue weighted by Crippen LogP contribution is 2.07. The molecule has 2 aromatic rings. The van der Waals surface area contributed by atoms with E-state index in [1.54, 1.807) is 0 Å². The number of benzene rings is 1. The van der Waals surface area contributed by atoms with Crippen molar-refractivity contribution in [2.24, 2.45) is 0 Å². The first-order chi connectivity index (χ1) is 7.31. The van der Waals surface area contributed by atoms with Crippen LogP contribution in [0.1, 0.15) is 0 Å². The van der Waals surface area contributed by atoms with Gasteiger partial charge in [-0.15, -0.1) is 0 Å². The second-order valence-electron chi connectivity index (χ2n) is 3.56. The summed E-state index contributed by atoms with van der Waals surface area (Å²) in [6.45, 7) is 0.202. The molecule has 1 aromatic carbocycles. The van der Waals surface area contributed by atoms with Gasteiger partial charge in [-0.1, -0.05) is 12.1 Å². The third-order valence-electron chi connectivity index (χ3n) is 2.41. The van der Waals surface area contributed by atoms with Gasteiger partial charge in [0.15, 0.2) is 12.7 Å². The molecule has 0 saturated carbocycles. The Kier molecular flexibility index (Phi) is 2.94. The Balaban J connectivity index is 2.42. The average molecular weight is 204 g/mol. The number of para-hydroxylation sites is 1. The van der Waals surface area contributed by atoms with E-state index in [1.165, 1.54) is 0 Å². The lowest BCUT2D eigenvalue weighted by Crippen LogP contribution is -2.41. The molecule has 0 aliphatic carbocycles. The molecule has 0 aliphatic rings. The van der Waals surface area contributed by atoms with Crippen molar-refractivity contribution in [2.75, 3.05) is 6.61 Å². The monoisotopic (exact) mass is 204 g/mol. The summed E-state index contributed by atoms with van der Waals surface area (Å²) in [7, 11) is 0. The molecule has 0 fully saturated rings. The maximum absolute atomic E-state index is 9.40. The minimum absolute atomic E-state index is 0.212. The number of hydrogen-bond donors (Lipinski definition) is 2. The fraction of sp³-hybridized carbons (Fsp3) is 0.250. The van der Waals surface area contributed by atoms with E-state index in [9.17, 15) is 5.11 Å². The maximum atomic E-state index is 9.40. The van der Waals surface area contributed by atoms with Gasteiger partial charge in [0.25, 0.3) is 0 Å². The Bertz CT molecular complexity index is 451. The Hall–Kier alpha value is -1.45. The third-order valence-corrected chi connectivity index (χ3v) is 2.41. The predicted octanol–water partition coefficient (Wildman–Crippen LogP) is 0.480. The van der Waals surface area contributed by atoms with E-state index in [-0.39, 0.29) is 6.61 Å². The summed E-state index contributed by atoms with van der Waals surface area (Å²) in [5, 5.41) is 19.3. The highest BCUT2D eigenvalue weighted by atomic mass is 16.3. The number of rotatable bonds is 3. The first-order valence-electron chi connectivity index (χ1n) is 4.97. The predicted molar refractivity (Wildman–Crippen MR) is 57.2 cm³/mol. The molecule has 0 spiro atoms. The van der Waals surface area contributed by atoms with Crippen LogP contribution in [-0.2, 0) is 6.54 Å². The van der Waals surface area contributed by atoms with E-state index in [0.717, 1.165) is 10.9 Å². The number of aromatic nitrogens is 1. The largest absolute Gasteiger partial charge is 0.393 e. The minimum Gasteiger partial charge on any atom is -0.393 e. The number of aliphatic hydroxyl groups is 2. The van der Waals surface area contributed by atoms with Crippen molar-refractivity contribution in [1.29, 1.82) is 0 Å². The van der Waals surface area contributed by atoms with Gasteiger partial charge in [-0.05, 0) is 12.1 Å². The van der Waals surface area contributed by atoms with Crippen LogP contribution in [0.3, 0.4) is 0 Å². The van der Waals surface area contributed by atoms with Crippen molar-refractivity contribution in [3.8, 4) is 0 Å². The average Bonchev–Trinajstić information content (AvgIpc) is 2.29. The fourth-order valence-corrected chi connectivity index (χ4v) is 1.66. The standard InChI is InChI=1S/C12H14NO2/c14-9-11(15)8-13-7-3-5-10-4-1-2-6-12(10)13/h1-7,11,14-15H,8-9H2/q+1/t11-/m1/s1. The molecule has 0 bridgehead atoms. The number of pyridine rings is 1. The van der Waals surface area contributed by atoms with Crippen molar-refractivity contribution < 1.29 is 14.8 Å². The lowest BCUT2D eigenvalue weighted by Gasteiger charge is -2.04. The smallest absolute Gasteiger partial charge is 0.212 e. The van der Waals surface area contributed by atoms with Crippen LogP contribution in [0.4, 0.5) is 0 Å². The third kappa shape index (κ3) is 2.14. The number of fused-ring (bicyclic) bond motifs is 1. The van der Waals surface area contributed by atoms with Crippen LogP contribution < -0.4 is 4.57 Å². The highest BCUT2D eigenvalue weighted by molar-refractivity contribution is 5.74. The van der Waals surface area contributed by atoms with Crippen LogP contribution in [0.5, 0.6) is 0 Å². The van der Waals surface area contributed by atoms with E-state index in [2.05, 4.69) is 0 Å². The molecule has 78 valence electrons. The van der Waals surface area contributed by atoms with E-state index in [1.807, 2.05) is 47.2 Å². The van der Waals surface area contributed by atoms with Crippen molar-refractivity contribution in [3.05, 3.63) is 42.6 Å². The van der Waals surface area contributed by atoms with E-state index in [0.29, 0.717) is 6.54 Å². The lowest BCUT2D eigenvalue weighted by molar-refractivity contribution is -0.678. The van der Waals surface area contributed by atoms with Gasteiger partial charge < -0.3 is 10.2 Å². The zero-order valence-corrected chi connectivity index (χ0v) is 8.37. The number of hydrogen-bond acceptors (Lipinski definition) is 2. The van der Waals surface area contributed by atoms with Crippen LogP contribution in [0.15, 0.2) is 42.6 Å². The van der Waals surface area contributed by atoms with Gasteiger partial charge in [-0.3, -0.25) is 0 Å². The zero-order chi connectivity index (χ0) is 10.7. The second kappa shape index (κ2) is 4.38. The molecule has 0 amide bonds. The zero-order valence-electron chi connectivity index (χ0n) is 8.37. The van der Waals surface area contributed by atoms with Gasteiger partial charge in [0.1, 0.15) is 6.10 Å². The van der Waals surface area contributed by atoms with Crippen molar-refractivity contribution >= 4 is 10.9 Å². The molecule has 2 rings (SSSR count). The molecule has 0 radical (unpaired) electrons. The van der Waals surface area contributed by atoms with Gasteiger partial charge in [-0.2, -0.15) is 4.57 Å². The summed E-state index contributed by atoms with van der Waals surface area (Å²) >= 11 is 0. The number of nitrogens with zero attached hydrogens (tertiary/aromatic N) is 1. The molecule has 0 unspecified atom stereocenters. The summed E-state index contributed by atoms with van der Waals surface area (Å²) < 4.78 is 1.94. The second-order valence-corrected chi connectivity index (χ2v) is 3.56. The van der Waals surface area contributed by atoms with Crippen molar-refractivity contribution in [1.82, 2.24) is 0 Å². The molecule has 3 nitrogen and oxygen atoms in total. The van der Waals surface area contributed by atoms with Crippen LogP contribution in [0.25, 0.3) is 10.9 Å². The quantitative estimate of drug-likeness (QED) is 0.714. The first kappa shape index (κ1) is 10.1. The van der Waals surface area contributed by atoms with Gasteiger partial charge in [-0.25, -0.2) is 0 Å². The fourth-order valence-electron chi connectivity index (χ4n) is 1.66.